The smallest absolute Gasteiger partial charge is 0.254 e. The highest BCUT2D eigenvalue weighted by Gasteiger charge is 2.33. The van der Waals surface area contributed by atoms with Gasteiger partial charge in [0.1, 0.15) is 11.2 Å². The number of aryl methyl sites for hydroxylation is 1. The molecule has 5 rings (SSSR count). The van der Waals surface area contributed by atoms with Gasteiger partial charge in [-0.15, -0.1) is 0 Å². The molecule has 2 aromatic heterocycles. The monoisotopic (exact) mass is 452 g/mol. The average Bonchev–Trinajstić information content (AvgIpc) is 3.10. The summed E-state index contributed by atoms with van der Waals surface area (Å²) in [5.74, 6) is -0.628. The lowest BCUT2D eigenvalue weighted by Gasteiger charge is -2.36. The van der Waals surface area contributed by atoms with E-state index < -0.39 is 5.60 Å². The number of hydrogen-bond donors (Lipinski definition) is 3. The van der Waals surface area contributed by atoms with Gasteiger partial charge in [-0.25, -0.2) is 4.98 Å². The van der Waals surface area contributed by atoms with E-state index in [1.54, 1.807) is 18.0 Å². The molecular formula is C25H29FN4O3. The van der Waals surface area contributed by atoms with E-state index in [9.17, 15) is 14.3 Å². The van der Waals surface area contributed by atoms with Crippen LogP contribution in [0, 0.1) is 12.9 Å². The zero-order chi connectivity index (χ0) is 23.3. The van der Waals surface area contributed by atoms with E-state index in [4.69, 9.17) is 4.74 Å². The number of H-pyrrole nitrogens is 1. The molecule has 1 fully saturated rings. The minimum Gasteiger partial charge on any atom is -0.381 e. The van der Waals surface area contributed by atoms with Crippen molar-refractivity contribution in [2.75, 3.05) is 26.3 Å². The number of aliphatic hydroxyl groups is 1. The highest BCUT2D eigenvalue weighted by molar-refractivity contribution is 5.86. The van der Waals surface area contributed by atoms with Crippen LogP contribution in [-0.4, -0.2) is 57.8 Å². The van der Waals surface area contributed by atoms with Gasteiger partial charge < -0.3 is 25.0 Å². The Hall–Kier alpha value is -2.81. The van der Waals surface area contributed by atoms with Crippen molar-refractivity contribution in [1.29, 1.82) is 0 Å². The van der Waals surface area contributed by atoms with Crippen LogP contribution >= 0.6 is 0 Å². The van der Waals surface area contributed by atoms with Crippen LogP contribution < -0.4 is 5.32 Å². The summed E-state index contributed by atoms with van der Waals surface area (Å²) in [5.41, 5.74) is 4.97. The van der Waals surface area contributed by atoms with E-state index in [0.717, 1.165) is 34.2 Å². The van der Waals surface area contributed by atoms with Crippen molar-refractivity contribution in [3.63, 3.8) is 0 Å². The Bertz CT molecular complexity index is 1220. The summed E-state index contributed by atoms with van der Waals surface area (Å²) < 4.78 is 19.8. The number of benzene rings is 1. The zero-order valence-corrected chi connectivity index (χ0v) is 19.2. The number of carbonyl (C=O) groups excluding carboxylic acids is 1. The number of nitrogens with one attached hydrogen (secondary N) is 2. The summed E-state index contributed by atoms with van der Waals surface area (Å²) in [7, 11) is 0. The van der Waals surface area contributed by atoms with Gasteiger partial charge in [-0.3, -0.25) is 4.79 Å². The van der Waals surface area contributed by atoms with Crippen LogP contribution in [0.25, 0.3) is 22.2 Å². The molecule has 1 aromatic carbocycles. The van der Waals surface area contributed by atoms with Crippen LogP contribution in [0.3, 0.4) is 0 Å². The zero-order valence-electron chi connectivity index (χ0n) is 19.2. The van der Waals surface area contributed by atoms with Gasteiger partial charge in [0.15, 0.2) is 5.95 Å². The second-order valence-electron chi connectivity index (χ2n) is 9.50. The molecule has 0 aliphatic carbocycles. The van der Waals surface area contributed by atoms with Crippen molar-refractivity contribution in [3.8, 4) is 11.1 Å². The Labute approximate surface area is 192 Å². The van der Waals surface area contributed by atoms with E-state index >= 15 is 0 Å². The summed E-state index contributed by atoms with van der Waals surface area (Å²) in [6.07, 6.45) is 2.46. The first-order valence-electron chi connectivity index (χ1n) is 11.3. The van der Waals surface area contributed by atoms with Gasteiger partial charge >= 0.3 is 0 Å². The van der Waals surface area contributed by atoms with Crippen molar-refractivity contribution in [3.05, 3.63) is 52.6 Å². The number of aromatic amines is 1. The van der Waals surface area contributed by atoms with E-state index in [1.807, 2.05) is 6.07 Å². The maximum absolute atomic E-state index is 14.0. The molecule has 7 nitrogen and oxygen atoms in total. The number of halogens is 1. The number of hydrogen-bond acceptors (Lipinski definition) is 5. The second kappa shape index (κ2) is 8.20. The molecule has 3 N–H and O–H groups in total. The number of carbonyl (C=O) groups is 1. The normalized spacial score (nSPS) is 19.1. The van der Waals surface area contributed by atoms with Crippen LogP contribution in [-0.2, 0) is 22.5 Å². The molecule has 0 bridgehead atoms. The summed E-state index contributed by atoms with van der Waals surface area (Å²) in [6, 6.07) is 6.26. The van der Waals surface area contributed by atoms with Gasteiger partial charge in [0.2, 0.25) is 0 Å². The second-order valence-corrected chi connectivity index (χ2v) is 9.50. The Kier molecular flexibility index (Phi) is 5.47. The highest BCUT2D eigenvalue weighted by Crippen LogP contribution is 2.35. The SMILES string of the molecule is Cc1c(F)[nH]c2ncc(-c3cc4c(c([C@@H]5COCCN5)c3)CN(C(=O)C(C)(C)O)CC4)cc12. The number of aromatic nitrogens is 2. The summed E-state index contributed by atoms with van der Waals surface area (Å²) in [4.78, 5) is 21.6. The molecule has 1 atom stereocenters. The molecule has 3 aromatic rings. The molecule has 4 heterocycles. The maximum Gasteiger partial charge on any atom is 0.254 e. The summed E-state index contributed by atoms with van der Waals surface area (Å²) in [6.45, 7) is 7.77. The van der Waals surface area contributed by atoms with Crippen LogP contribution in [0.2, 0.25) is 0 Å². The molecule has 8 heteroatoms. The van der Waals surface area contributed by atoms with Crippen molar-refractivity contribution >= 4 is 16.9 Å². The topological polar surface area (TPSA) is 90.5 Å². The molecule has 33 heavy (non-hydrogen) atoms. The fourth-order valence-corrected chi connectivity index (χ4v) is 4.82. The van der Waals surface area contributed by atoms with Gasteiger partial charge in [-0.05, 0) is 61.6 Å². The molecule has 0 saturated carbocycles. The standard InChI is InChI=1S/C25H29FN4O3/c1-14-18-10-17(11-28-23(18)29-22(14)26)16-8-15-4-6-30(24(31)25(2,3)32)12-20(15)19(9-16)21-13-33-7-5-27-21/h8-11,21,27,32H,4-7,12-13H2,1-3H3,(H,28,29)/t21-/m0/s1. The molecule has 2 aliphatic rings. The van der Waals surface area contributed by atoms with Crippen LogP contribution in [0.5, 0.6) is 0 Å². The van der Waals surface area contributed by atoms with Gasteiger partial charge in [0.05, 0.1) is 19.3 Å². The predicted octanol–water partition coefficient (Wildman–Crippen LogP) is 2.99. The van der Waals surface area contributed by atoms with Gasteiger partial charge in [0, 0.05) is 42.3 Å². The Balaban J connectivity index is 1.59. The maximum atomic E-state index is 14.0. The predicted molar refractivity (Wildman–Crippen MR) is 123 cm³/mol. The number of rotatable bonds is 3. The quantitative estimate of drug-likeness (QED) is 0.569. The largest absolute Gasteiger partial charge is 0.381 e. The van der Waals surface area contributed by atoms with E-state index in [2.05, 4.69) is 27.4 Å². The first kappa shape index (κ1) is 22.0. The third kappa shape index (κ3) is 4.03. The first-order chi connectivity index (χ1) is 15.7. The number of nitrogens with zero attached hydrogens (tertiary/aromatic N) is 2. The number of amides is 1. The van der Waals surface area contributed by atoms with Crippen LogP contribution in [0.4, 0.5) is 4.39 Å². The Morgan fingerprint density at radius 2 is 2.12 bits per heavy atom. The first-order valence-corrected chi connectivity index (χ1v) is 11.3. The molecule has 0 unspecified atom stereocenters. The third-order valence-corrected chi connectivity index (χ3v) is 6.67. The number of pyridine rings is 1. The van der Waals surface area contributed by atoms with E-state index in [1.165, 1.54) is 19.4 Å². The average molecular weight is 453 g/mol. The van der Waals surface area contributed by atoms with E-state index in [0.29, 0.717) is 43.9 Å². The van der Waals surface area contributed by atoms with Gasteiger partial charge in [-0.2, -0.15) is 4.39 Å². The van der Waals surface area contributed by atoms with Crippen molar-refractivity contribution < 1.29 is 19.0 Å². The number of morpholine rings is 1. The summed E-state index contributed by atoms with van der Waals surface area (Å²) in [5, 5.41) is 14.5. The minimum atomic E-state index is -1.41. The molecule has 0 radical (unpaired) electrons. The van der Waals surface area contributed by atoms with Gasteiger partial charge in [0.25, 0.3) is 5.91 Å². The van der Waals surface area contributed by atoms with E-state index in [-0.39, 0.29) is 17.9 Å². The molecule has 174 valence electrons. The lowest BCUT2D eigenvalue weighted by molar-refractivity contribution is -0.148. The molecular weight excluding hydrogens is 423 g/mol. The molecule has 1 saturated heterocycles. The van der Waals surface area contributed by atoms with Crippen LogP contribution in [0.15, 0.2) is 24.4 Å². The minimum absolute atomic E-state index is 0.00719. The molecule has 2 aliphatic heterocycles. The van der Waals surface area contributed by atoms with Crippen molar-refractivity contribution in [2.45, 2.75) is 45.4 Å². The lowest BCUT2D eigenvalue weighted by atomic mass is 9.87. The summed E-state index contributed by atoms with van der Waals surface area (Å²) >= 11 is 0. The fraction of sp³-hybridized carbons (Fsp3) is 0.440. The number of fused-ring (bicyclic) bond motifs is 2. The van der Waals surface area contributed by atoms with Crippen molar-refractivity contribution in [2.24, 2.45) is 0 Å². The Morgan fingerprint density at radius 1 is 1.30 bits per heavy atom. The highest BCUT2D eigenvalue weighted by atomic mass is 19.1. The van der Waals surface area contributed by atoms with Gasteiger partial charge in [-0.1, -0.05) is 6.07 Å². The Morgan fingerprint density at radius 3 is 2.85 bits per heavy atom. The van der Waals surface area contributed by atoms with Crippen molar-refractivity contribution in [1.82, 2.24) is 20.2 Å². The van der Waals surface area contributed by atoms with Crippen LogP contribution in [0.1, 0.15) is 42.1 Å². The molecule has 1 amide bonds. The molecule has 0 spiro atoms. The number of ether oxygens (including phenoxy) is 1. The fourth-order valence-electron chi connectivity index (χ4n) is 4.82. The lowest BCUT2D eigenvalue weighted by Crippen LogP contribution is -2.47. The third-order valence-electron chi connectivity index (χ3n) is 6.67.